The molecule has 0 saturated heterocycles. The molecule has 0 fully saturated rings. The van der Waals surface area contributed by atoms with Crippen LogP contribution in [0.25, 0.3) is 0 Å². The van der Waals surface area contributed by atoms with E-state index in [1.807, 2.05) is 0 Å². The second-order valence-corrected chi connectivity index (χ2v) is 1.07. The molecule has 0 aliphatic heterocycles. The largest absolute Gasteiger partial charge is 0.251 e. The van der Waals surface area contributed by atoms with Crippen molar-refractivity contribution < 1.29 is 14.5 Å². The van der Waals surface area contributed by atoms with E-state index in [2.05, 4.69) is 4.89 Å². The average molecular weight is 94.1 g/mol. The Bertz CT molecular complexity index is 28.0. The van der Waals surface area contributed by atoms with Gasteiger partial charge in [-0.2, -0.15) is 0 Å². The quantitative estimate of drug-likeness (QED) is 0.405. The highest BCUT2D eigenvalue weighted by Crippen LogP contribution is 1.84. The number of alkyl halides is 1. The van der Waals surface area contributed by atoms with Crippen LogP contribution in [0.4, 0.5) is 4.39 Å². The van der Waals surface area contributed by atoms with Gasteiger partial charge >= 0.3 is 0 Å². The first kappa shape index (κ1) is 5.85. The van der Waals surface area contributed by atoms with Gasteiger partial charge in [0.25, 0.3) is 0 Å². The lowest BCUT2D eigenvalue weighted by molar-refractivity contribution is -0.276. The predicted molar refractivity (Wildman–Crippen MR) is 19.2 cm³/mol. The van der Waals surface area contributed by atoms with Crippen molar-refractivity contribution in [1.29, 1.82) is 0 Å². The van der Waals surface area contributed by atoms with Crippen LogP contribution in [0.1, 0.15) is 6.92 Å². The minimum Gasteiger partial charge on any atom is -0.251 e. The molecule has 0 saturated carbocycles. The molecule has 1 atom stereocenters. The van der Waals surface area contributed by atoms with Gasteiger partial charge in [-0.05, 0) is 6.92 Å². The molecule has 2 nitrogen and oxygen atoms in total. The van der Waals surface area contributed by atoms with E-state index >= 15 is 0 Å². The molecule has 0 aromatic carbocycles. The molecular weight excluding hydrogens is 87.0 g/mol. The molecule has 0 amide bonds. The zero-order valence-corrected chi connectivity index (χ0v) is 3.52. The van der Waals surface area contributed by atoms with Gasteiger partial charge < -0.3 is 0 Å². The van der Waals surface area contributed by atoms with Gasteiger partial charge in [-0.15, -0.1) is 0 Å². The Morgan fingerprint density at radius 3 is 2.50 bits per heavy atom. The standard InChI is InChI=1S/C3H7FO2/c1-3(2-4)6-5/h3,5H,2H2,1H3. The van der Waals surface area contributed by atoms with Gasteiger partial charge in [0.1, 0.15) is 12.8 Å². The third kappa shape index (κ3) is 2.11. The number of halogens is 1. The summed E-state index contributed by atoms with van der Waals surface area (Å²) in [6.07, 6.45) is -0.676. The summed E-state index contributed by atoms with van der Waals surface area (Å²) in [6.45, 7) is 0.788. The van der Waals surface area contributed by atoms with Gasteiger partial charge in [0.05, 0.1) is 0 Å². The molecule has 0 radical (unpaired) electrons. The fourth-order valence-electron chi connectivity index (χ4n) is 0.0282. The fourth-order valence-corrected chi connectivity index (χ4v) is 0.0282. The van der Waals surface area contributed by atoms with E-state index in [0.717, 1.165) is 0 Å². The van der Waals surface area contributed by atoms with Crippen LogP contribution in [0.15, 0.2) is 0 Å². The predicted octanol–water partition coefficient (Wildman–Crippen LogP) is 0.834. The number of hydrogen-bond donors (Lipinski definition) is 1. The number of rotatable bonds is 2. The lowest BCUT2D eigenvalue weighted by Crippen LogP contribution is -2.05. The van der Waals surface area contributed by atoms with Crippen LogP contribution in [0.2, 0.25) is 0 Å². The van der Waals surface area contributed by atoms with Gasteiger partial charge in [0, 0.05) is 0 Å². The molecule has 1 unspecified atom stereocenters. The minimum atomic E-state index is -0.676. The summed E-state index contributed by atoms with van der Waals surface area (Å²) >= 11 is 0. The van der Waals surface area contributed by atoms with E-state index in [1.54, 1.807) is 0 Å². The summed E-state index contributed by atoms with van der Waals surface area (Å²) in [5, 5.41) is 7.59. The minimum absolute atomic E-state index is 0.642. The maximum atomic E-state index is 11.1. The summed E-state index contributed by atoms with van der Waals surface area (Å²) in [4.78, 5) is 3.52. The summed E-state index contributed by atoms with van der Waals surface area (Å²) in [7, 11) is 0. The first-order chi connectivity index (χ1) is 2.81. The molecule has 0 rings (SSSR count). The van der Waals surface area contributed by atoms with Crippen molar-refractivity contribution in [3.05, 3.63) is 0 Å². The van der Waals surface area contributed by atoms with Gasteiger partial charge in [-0.25, -0.2) is 9.28 Å². The molecule has 0 spiro atoms. The summed E-state index contributed by atoms with van der Waals surface area (Å²) in [5.74, 6) is 0. The van der Waals surface area contributed by atoms with Crippen LogP contribution in [0.3, 0.4) is 0 Å². The molecule has 0 aromatic rings. The van der Waals surface area contributed by atoms with Gasteiger partial charge in [-0.3, -0.25) is 5.26 Å². The van der Waals surface area contributed by atoms with Crippen molar-refractivity contribution in [2.45, 2.75) is 13.0 Å². The Labute approximate surface area is 35.5 Å². The smallest absolute Gasteiger partial charge is 0.118 e. The topological polar surface area (TPSA) is 29.5 Å². The van der Waals surface area contributed by atoms with Gasteiger partial charge in [-0.1, -0.05) is 0 Å². The van der Waals surface area contributed by atoms with Crippen LogP contribution in [-0.2, 0) is 4.89 Å². The lowest BCUT2D eigenvalue weighted by Gasteiger charge is -1.95. The van der Waals surface area contributed by atoms with E-state index in [0.29, 0.717) is 0 Å². The molecule has 38 valence electrons. The highest BCUT2D eigenvalue weighted by molar-refractivity contribution is 4.37. The zero-order valence-electron chi connectivity index (χ0n) is 3.52. The van der Waals surface area contributed by atoms with Crippen LogP contribution in [0, 0.1) is 0 Å². The highest BCUT2D eigenvalue weighted by atomic mass is 19.1. The van der Waals surface area contributed by atoms with Crippen molar-refractivity contribution in [2.75, 3.05) is 6.67 Å². The first-order valence-electron chi connectivity index (χ1n) is 1.67. The highest BCUT2D eigenvalue weighted by Gasteiger charge is 1.94. The molecular formula is C3H7FO2. The second kappa shape index (κ2) is 3.06. The fraction of sp³-hybridized carbons (Fsp3) is 1.00. The van der Waals surface area contributed by atoms with Gasteiger partial charge in [0.2, 0.25) is 0 Å². The first-order valence-corrected chi connectivity index (χ1v) is 1.67. The van der Waals surface area contributed by atoms with E-state index < -0.39 is 12.8 Å². The maximum Gasteiger partial charge on any atom is 0.118 e. The summed E-state index contributed by atoms with van der Waals surface area (Å²) < 4.78 is 11.1. The van der Waals surface area contributed by atoms with Crippen molar-refractivity contribution >= 4 is 0 Å². The van der Waals surface area contributed by atoms with Crippen molar-refractivity contribution in [1.82, 2.24) is 0 Å². The average Bonchev–Trinajstić information content (AvgIpc) is 1.65. The van der Waals surface area contributed by atoms with Crippen molar-refractivity contribution in [2.24, 2.45) is 0 Å². The molecule has 0 aliphatic carbocycles. The Morgan fingerprint density at radius 2 is 2.50 bits per heavy atom. The molecule has 0 heterocycles. The zero-order chi connectivity index (χ0) is 4.99. The molecule has 3 heteroatoms. The van der Waals surface area contributed by atoms with Crippen molar-refractivity contribution in [3.8, 4) is 0 Å². The van der Waals surface area contributed by atoms with E-state index in [4.69, 9.17) is 5.26 Å². The monoisotopic (exact) mass is 94.0 g/mol. The normalized spacial score (nSPS) is 14.5. The Morgan fingerprint density at radius 1 is 2.00 bits per heavy atom. The van der Waals surface area contributed by atoms with E-state index in [1.165, 1.54) is 6.92 Å². The Kier molecular flexibility index (Phi) is 2.98. The number of hydrogen-bond acceptors (Lipinski definition) is 2. The second-order valence-electron chi connectivity index (χ2n) is 1.07. The van der Waals surface area contributed by atoms with Crippen LogP contribution in [0.5, 0.6) is 0 Å². The molecule has 0 aromatic heterocycles. The maximum absolute atomic E-state index is 11.1. The van der Waals surface area contributed by atoms with E-state index in [9.17, 15) is 4.39 Å². The van der Waals surface area contributed by atoms with Crippen LogP contribution >= 0.6 is 0 Å². The van der Waals surface area contributed by atoms with Crippen LogP contribution in [-0.4, -0.2) is 18.0 Å². The van der Waals surface area contributed by atoms with Crippen molar-refractivity contribution in [3.63, 3.8) is 0 Å². The SMILES string of the molecule is CC(CF)OO. The van der Waals surface area contributed by atoms with Gasteiger partial charge in [0.15, 0.2) is 0 Å². The molecule has 6 heavy (non-hydrogen) atoms. The summed E-state index contributed by atoms with van der Waals surface area (Å²) in [5.41, 5.74) is 0. The third-order valence-electron chi connectivity index (χ3n) is 0.397. The summed E-state index contributed by atoms with van der Waals surface area (Å²) in [6, 6.07) is 0. The molecule has 0 aliphatic rings. The lowest BCUT2D eigenvalue weighted by atomic mass is 10.5. The third-order valence-corrected chi connectivity index (χ3v) is 0.397. The Hall–Kier alpha value is -0.150. The molecule has 1 N–H and O–H groups in total. The van der Waals surface area contributed by atoms with E-state index in [-0.39, 0.29) is 0 Å². The van der Waals surface area contributed by atoms with Crippen LogP contribution < -0.4 is 0 Å². The molecule has 0 bridgehead atoms. The Balaban J connectivity index is 2.75.